The van der Waals surface area contributed by atoms with Gasteiger partial charge >= 0.3 is 5.97 Å². The van der Waals surface area contributed by atoms with Crippen LogP contribution < -0.4 is 0 Å². The quantitative estimate of drug-likeness (QED) is 0.886. The fraction of sp³-hybridized carbons (Fsp3) is 0.429. The molecule has 6 nitrogen and oxygen atoms in total. The van der Waals surface area contributed by atoms with E-state index < -0.39 is 33.9 Å². The SMILES string of the molecule is Cc1cc(F)cc(C#N)c1S(=O)(=O)N(C1CC1)C(C)C(=O)O. The summed E-state index contributed by atoms with van der Waals surface area (Å²) in [5.74, 6) is -1.98. The molecule has 0 aromatic heterocycles. The van der Waals surface area contributed by atoms with Crippen molar-refractivity contribution < 1.29 is 22.7 Å². The molecule has 1 aromatic rings. The molecule has 2 rings (SSSR count). The van der Waals surface area contributed by atoms with Crippen LogP contribution in [0.3, 0.4) is 0 Å². The number of hydrogen-bond acceptors (Lipinski definition) is 4. The van der Waals surface area contributed by atoms with Crippen molar-refractivity contribution in [2.24, 2.45) is 0 Å². The van der Waals surface area contributed by atoms with Crippen LogP contribution in [0.25, 0.3) is 0 Å². The summed E-state index contributed by atoms with van der Waals surface area (Å²) in [6.07, 6.45) is 1.14. The van der Waals surface area contributed by atoms with E-state index in [1.165, 1.54) is 13.8 Å². The maximum atomic E-state index is 13.4. The van der Waals surface area contributed by atoms with Crippen molar-refractivity contribution in [3.05, 3.63) is 29.1 Å². The second-order valence-electron chi connectivity index (χ2n) is 5.29. The average Bonchev–Trinajstić information content (AvgIpc) is 3.21. The molecule has 1 fully saturated rings. The number of benzene rings is 1. The minimum absolute atomic E-state index is 0.0831. The minimum atomic E-state index is -4.21. The van der Waals surface area contributed by atoms with Gasteiger partial charge in [0.1, 0.15) is 22.8 Å². The van der Waals surface area contributed by atoms with Crippen LogP contribution in [0.5, 0.6) is 0 Å². The van der Waals surface area contributed by atoms with Gasteiger partial charge in [-0.05, 0) is 44.4 Å². The summed E-state index contributed by atoms with van der Waals surface area (Å²) in [7, 11) is -4.21. The van der Waals surface area contributed by atoms with Gasteiger partial charge < -0.3 is 5.11 Å². The number of carbonyl (C=O) groups is 1. The van der Waals surface area contributed by atoms with Crippen molar-refractivity contribution in [3.63, 3.8) is 0 Å². The lowest BCUT2D eigenvalue weighted by molar-refractivity contribution is -0.141. The Morgan fingerprint density at radius 3 is 2.55 bits per heavy atom. The van der Waals surface area contributed by atoms with Gasteiger partial charge in [-0.3, -0.25) is 4.79 Å². The van der Waals surface area contributed by atoms with Crippen LogP contribution in [0.4, 0.5) is 4.39 Å². The van der Waals surface area contributed by atoms with Gasteiger partial charge in [0, 0.05) is 6.04 Å². The first-order valence-corrected chi connectivity index (χ1v) is 8.10. The van der Waals surface area contributed by atoms with E-state index >= 15 is 0 Å². The summed E-state index contributed by atoms with van der Waals surface area (Å²) in [6.45, 7) is 2.66. The number of hydrogen-bond donors (Lipinski definition) is 1. The van der Waals surface area contributed by atoms with Crippen molar-refractivity contribution in [3.8, 4) is 6.07 Å². The topological polar surface area (TPSA) is 98.5 Å². The summed E-state index contributed by atoms with van der Waals surface area (Å²) in [6, 6.07) is 1.88. The molecule has 0 saturated heterocycles. The second kappa shape index (κ2) is 5.66. The van der Waals surface area contributed by atoms with Crippen LogP contribution >= 0.6 is 0 Å². The lowest BCUT2D eigenvalue weighted by atomic mass is 10.1. The molecule has 1 unspecified atom stereocenters. The van der Waals surface area contributed by atoms with Crippen molar-refractivity contribution in [1.29, 1.82) is 5.26 Å². The number of aliphatic carboxylic acids is 1. The largest absolute Gasteiger partial charge is 0.480 e. The Hall–Kier alpha value is -1.98. The molecule has 0 radical (unpaired) electrons. The van der Waals surface area contributed by atoms with E-state index in [4.69, 9.17) is 10.4 Å². The zero-order valence-corrected chi connectivity index (χ0v) is 12.9. The van der Waals surface area contributed by atoms with Gasteiger partial charge in [0.25, 0.3) is 0 Å². The molecule has 1 atom stereocenters. The molecule has 0 amide bonds. The van der Waals surface area contributed by atoms with E-state index in [0.29, 0.717) is 12.8 Å². The standard InChI is InChI=1S/C14H15FN2O4S/c1-8-5-11(15)6-10(7-16)13(8)22(20,21)17(12-3-4-12)9(2)14(18)19/h5-6,9,12H,3-4H2,1-2H3,(H,18,19). The fourth-order valence-corrected chi connectivity index (χ4v) is 4.59. The molecule has 0 heterocycles. The molecular weight excluding hydrogens is 311 g/mol. The third kappa shape index (κ3) is 2.82. The molecule has 22 heavy (non-hydrogen) atoms. The lowest BCUT2D eigenvalue weighted by Crippen LogP contribution is -2.45. The normalized spacial score (nSPS) is 16.3. The van der Waals surface area contributed by atoms with E-state index in [0.717, 1.165) is 16.4 Å². The molecule has 118 valence electrons. The molecule has 1 aromatic carbocycles. The van der Waals surface area contributed by atoms with Gasteiger partial charge in [-0.15, -0.1) is 0 Å². The highest BCUT2D eigenvalue weighted by atomic mass is 32.2. The van der Waals surface area contributed by atoms with Crippen molar-refractivity contribution in [2.45, 2.75) is 43.7 Å². The number of aryl methyl sites for hydroxylation is 1. The van der Waals surface area contributed by atoms with Crippen molar-refractivity contribution in [2.75, 3.05) is 0 Å². The number of halogens is 1. The fourth-order valence-electron chi connectivity index (χ4n) is 2.42. The predicted molar refractivity (Wildman–Crippen MR) is 75.0 cm³/mol. The van der Waals surface area contributed by atoms with Crippen LogP contribution in [0.1, 0.15) is 30.9 Å². The van der Waals surface area contributed by atoms with E-state index in [1.807, 2.05) is 0 Å². The Balaban J connectivity index is 2.64. The number of carboxylic acid groups (broad SMARTS) is 1. The molecule has 1 aliphatic carbocycles. The molecular formula is C14H15FN2O4S. The number of sulfonamides is 1. The minimum Gasteiger partial charge on any atom is -0.480 e. The van der Waals surface area contributed by atoms with Crippen LogP contribution in [0, 0.1) is 24.1 Å². The van der Waals surface area contributed by atoms with Crippen LogP contribution in [-0.2, 0) is 14.8 Å². The van der Waals surface area contributed by atoms with Gasteiger partial charge in [-0.2, -0.15) is 9.57 Å². The van der Waals surface area contributed by atoms with Crippen LogP contribution in [-0.4, -0.2) is 35.9 Å². The highest BCUT2D eigenvalue weighted by Crippen LogP contribution is 2.36. The lowest BCUT2D eigenvalue weighted by Gasteiger charge is -2.26. The molecule has 0 bridgehead atoms. The monoisotopic (exact) mass is 326 g/mol. The van der Waals surface area contributed by atoms with Gasteiger partial charge in [-0.25, -0.2) is 12.8 Å². The summed E-state index contributed by atoms with van der Waals surface area (Å²) in [5.41, 5.74) is -0.236. The molecule has 0 aliphatic heterocycles. The maximum Gasteiger partial charge on any atom is 0.321 e. The van der Waals surface area contributed by atoms with Gasteiger partial charge in [0.2, 0.25) is 10.0 Å². The first kappa shape index (κ1) is 16.4. The summed E-state index contributed by atoms with van der Waals surface area (Å²) >= 11 is 0. The summed E-state index contributed by atoms with van der Waals surface area (Å²) < 4.78 is 40.0. The van der Waals surface area contributed by atoms with E-state index in [-0.39, 0.29) is 16.0 Å². The first-order chi connectivity index (χ1) is 10.2. The third-order valence-corrected chi connectivity index (χ3v) is 5.77. The van der Waals surface area contributed by atoms with Gasteiger partial charge in [0.05, 0.1) is 5.56 Å². The van der Waals surface area contributed by atoms with Gasteiger partial charge in [0.15, 0.2) is 0 Å². The van der Waals surface area contributed by atoms with Gasteiger partial charge in [-0.1, -0.05) is 0 Å². The molecule has 0 spiro atoms. The summed E-state index contributed by atoms with van der Waals surface area (Å²) in [4.78, 5) is 10.9. The van der Waals surface area contributed by atoms with E-state index in [1.54, 1.807) is 6.07 Å². The highest BCUT2D eigenvalue weighted by molar-refractivity contribution is 7.89. The number of rotatable bonds is 5. The third-order valence-electron chi connectivity index (χ3n) is 3.54. The Morgan fingerprint density at radius 2 is 2.09 bits per heavy atom. The van der Waals surface area contributed by atoms with E-state index in [2.05, 4.69) is 0 Å². The average molecular weight is 326 g/mol. The zero-order valence-electron chi connectivity index (χ0n) is 12.1. The highest BCUT2D eigenvalue weighted by Gasteiger charge is 2.44. The second-order valence-corrected chi connectivity index (χ2v) is 7.07. The molecule has 1 N–H and O–H groups in total. The Labute approximate surface area is 127 Å². The van der Waals surface area contributed by atoms with Crippen LogP contribution in [0.15, 0.2) is 17.0 Å². The maximum absolute atomic E-state index is 13.4. The predicted octanol–water partition coefficient (Wildman–Crippen LogP) is 1.63. The molecule has 1 aliphatic rings. The first-order valence-electron chi connectivity index (χ1n) is 6.66. The number of nitriles is 1. The Morgan fingerprint density at radius 1 is 1.50 bits per heavy atom. The smallest absolute Gasteiger partial charge is 0.321 e. The van der Waals surface area contributed by atoms with Crippen molar-refractivity contribution >= 4 is 16.0 Å². The van der Waals surface area contributed by atoms with E-state index in [9.17, 15) is 17.6 Å². The molecule has 1 saturated carbocycles. The Kier molecular flexibility index (Phi) is 4.22. The van der Waals surface area contributed by atoms with Crippen molar-refractivity contribution in [1.82, 2.24) is 4.31 Å². The molecule has 8 heteroatoms. The van der Waals surface area contributed by atoms with Crippen LogP contribution in [0.2, 0.25) is 0 Å². The Bertz CT molecular complexity index is 766. The summed E-state index contributed by atoms with van der Waals surface area (Å²) in [5, 5.41) is 18.2. The number of nitrogens with zero attached hydrogens (tertiary/aromatic N) is 2. The number of carboxylic acids is 1. The zero-order chi connectivity index (χ0) is 16.7.